The van der Waals surface area contributed by atoms with Crippen LogP contribution in [0.25, 0.3) is 0 Å². The van der Waals surface area contributed by atoms with Crippen LogP contribution in [-0.4, -0.2) is 24.4 Å². The molecule has 0 spiro atoms. The quantitative estimate of drug-likeness (QED) is 0.745. The summed E-state index contributed by atoms with van der Waals surface area (Å²) in [6.07, 6.45) is 0.0474. The van der Waals surface area contributed by atoms with Gasteiger partial charge in [-0.25, -0.2) is 0 Å². The van der Waals surface area contributed by atoms with Crippen LogP contribution >= 0.6 is 0 Å². The lowest BCUT2D eigenvalue weighted by Crippen LogP contribution is -2.16. The maximum Gasteiger partial charge on any atom is 0.306 e. The Bertz CT molecular complexity index is 802. The highest BCUT2D eigenvalue weighted by Crippen LogP contribution is 2.15. The Morgan fingerprint density at radius 3 is 2.31 bits per heavy atom. The zero-order valence-electron chi connectivity index (χ0n) is 14.9. The molecule has 2 amide bonds. The van der Waals surface area contributed by atoms with Gasteiger partial charge in [0.2, 0.25) is 5.91 Å². The van der Waals surface area contributed by atoms with Crippen molar-refractivity contribution >= 4 is 29.2 Å². The number of benzene rings is 2. The summed E-state index contributed by atoms with van der Waals surface area (Å²) in [6, 6.07) is 14.1. The maximum atomic E-state index is 12.4. The highest BCUT2D eigenvalue weighted by atomic mass is 16.5. The summed E-state index contributed by atoms with van der Waals surface area (Å²) >= 11 is 0. The Morgan fingerprint density at radius 2 is 1.62 bits per heavy atom. The van der Waals surface area contributed by atoms with E-state index in [4.69, 9.17) is 4.74 Å². The predicted molar refractivity (Wildman–Crippen MR) is 100 cm³/mol. The Kier molecular flexibility index (Phi) is 6.91. The largest absolute Gasteiger partial charge is 0.466 e. The summed E-state index contributed by atoms with van der Waals surface area (Å²) < 4.78 is 4.79. The van der Waals surface area contributed by atoms with Gasteiger partial charge in [-0.2, -0.15) is 0 Å². The zero-order valence-corrected chi connectivity index (χ0v) is 14.9. The molecule has 2 N–H and O–H groups in total. The minimum atomic E-state index is -0.408. The van der Waals surface area contributed by atoms with Crippen LogP contribution in [0.1, 0.15) is 35.7 Å². The summed E-state index contributed by atoms with van der Waals surface area (Å²) in [5.74, 6) is -0.985. The lowest BCUT2D eigenvalue weighted by Gasteiger charge is -2.09. The topological polar surface area (TPSA) is 84.5 Å². The molecule has 2 aromatic carbocycles. The number of nitrogens with one attached hydrogen (secondary N) is 2. The molecule has 0 bridgehead atoms. The monoisotopic (exact) mass is 354 g/mol. The Balaban J connectivity index is 1.95. The van der Waals surface area contributed by atoms with Gasteiger partial charge in [0.1, 0.15) is 0 Å². The van der Waals surface area contributed by atoms with E-state index in [1.54, 1.807) is 31.2 Å². The van der Waals surface area contributed by atoms with Gasteiger partial charge in [0.05, 0.1) is 13.0 Å². The first kappa shape index (κ1) is 19.2. The number of esters is 1. The third-order valence-corrected chi connectivity index (χ3v) is 3.55. The zero-order chi connectivity index (χ0) is 18.9. The molecule has 2 aromatic rings. The number of carbonyl (C=O) groups is 3. The van der Waals surface area contributed by atoms with Crippen LogP contribution in [-0.2, 0) is 14.3 Å². The highest BCUT2D eigenvalue weighted by Gasteiger charge is 2.10. The van der Waals surface area contributed by atoms with Gasteiger partial charge in [-0.3, -0.25) is 14.4 Å². The normalized spacial score (nSPS) is 10.1. The molecule has 0 radical (unpaired) electrons. The van der Waals surface area contributed by atoms with E-state index in [1.165, 1.54) is 0 Å². The highest BCUT2D eigenvalue weighted by molar-refractivity contribution is 6.05. The summed E-state index contributed by atoms with van der Waals surface area (Å²) in [7, 11) is 0. The summed E-state index contributed by atoms with van der Waals surface area (Å²) in [4.78, 5) is 35.6. The van der Waals surface area contributed by atoms with Crippen molar-refractivity contribution in [3.8, 4) is 0 Å². The van der Waals surface area contributed by atoms with Crippen molar-refractivity contribution in [2.75, 3.05) is 17.2 Å². The average Bonchev–Trinajstić information content (AvgIpc) is 2.60. The van der Waals surface area contributed by atoms with Crippen LogP contribution in [0.5, 0.6) is 0 Å². The number of carbonyl (C=O) groups excluding carboxylic acids is 3. The second kappa shape index (κ2) is 9.36. The first-order valence-corrected chi connectivity index (χ1v) is 8.41. The van der Waals surface area contributed by atoms with E-state index in [9.17, 15) is 14.4 Å². The van der Waals surface area contributed by atoms with Gasteiger partial charge in [-0.15, -0.1) is 0 Å². The van der Waals surface area contributed by atoms with Gasteiger partial charge in [0.15, 0.2) is 0 Å². The molecule has 0 atom stereocenters. The molecule has 0 fully saturated rings. The van der Waals surface area contributed by atoms with Gasteiger partial charge in [0.25, 0.3) is 5.91 Å². The molecule has 0 aliphatic rings. The molecule has 136 valence electrons. The van der Waals surface area contributed by atoms with Gasteiger partial charge >= 0.3 is 5.97 Å². The Morgan fingerprint density at radius 1 is 0.923 bits per heavy atom. The molecule has 26 heavy (non-hydrogen) atoms. The van der Waals surface area contributed by atoms with Crippen molar-refractivity contribution in [3.63, 3.8) is 0 Å². The third kappa shape index (κ3) is 6.05. The SMILES string of the molecule is CCOC(=O)CCC(=O)Nc1cccc(C(=O)Nc2cccc(C)c2)c1. The third-order valence-electron chi connectivity index (χ3n) is 3.55. The molecule has 2 rings (SSSR count). The van der Waals surface area contributed by atoms with Gasteiger partial charge in [-0.1, -0.05) is 18.2 Å². The number of hydrogen-bond donors (Lipinski definition) is 2. The molecular weight excluding hydrogens is 332 g/mol. The molecule has 6 heteroatoms. The summed E-state index contributed by atoms with van der Waals surface area (Å²) in [6.45, 7) is 3.95. The van der Waals surface area contributed by atoms with Crippen molar-refractivity contribution in [1.29, 1.82) is 0 Å². The van der Waals surface area contributed by atoms with E-state index < -0.39 is 5.97 Å². The number of anilines is 2. The summed E-state index contributed by atoms with van der Waals surface area (Å²) in [5, 5.41) is 5.50. The molecule has 6 nitrogen and oxygen atoms in total. The van der Waals surface area contributed by atoms with Crippen molar-refractivity contribution in [2.24, 2.45) is 0 Å². The van der Waals surface area contributed by atoms with Crippen LogP contribution < -0.4 is 10.6 Å². The fraction of sp³-hybridized carbons (Fsp3) is 0.250. The molecule has 0 saturated heterocycles. The lowest BCUT2D eigenvalue weighted by atomic mass is 10.1. The van der Waals surface area contributed by atoms with E-state index in [-0.39, 0.29) is 24.7 Å². The van der Waals surface area contributed by atoms with Crippen molar-refractivity contribution in [3.05, 3.63) is 59.7 Å². The predicted octanol–water partition coefficient (Wildman–Crippen LogP) is 3.53. The second-order valence-electron chi connectivity index (χ2n) is 5.76. The molecule has 0 aliphatic carbocycles. The molecule has 0 aliphatic heterocycles. The fourth-order valence-corrected chi connectivity index (χ4v) is 2.34. The molecule has 0 aromatic heterocycles. The Labute approximate surface area is 152 Å². The maximum absolute atomic E-state index is 12.4. The van der Waals surface area contributed by atoms with Crippen molar-refractivity contribution in [2.45, 2.75) is 26.7 Å². The first-order chi connectivity index (χ1) is 12.5. The van der Waals surface area contributed by atoms with E-state index in [2.05, 4.69) is 10.6 Å². The number of aryl methyl sites for hydroxylation is 1. The minimum absolute atomic E-state index is 0.0210. The number of ether oxygens (including phenoxy) is 1. The van der Waals surface area contributed by atoms with E-state index >= 15 is 0 Å². The Hall–Kier alpha value is -3.15. The number of rotatable bonds is 7. The van der Waals surface area contributed by atoms with Crippen molar-refractivity contribution in [1.82, 2.24) is 0 Å². The molecule has 0 heterocycles. The fourth-order valence-electron chi connectivity index (χ4n) is 2.34. The van der Waals surface area contributed by atoms with Gasteiger partial charge < -0.3 is 15.4 Å². The van der Waals surface area contributed by atoms with Crippen LogP contribution in [0.2, 0.25) is 0 Å². The molecule has 0 saturated carbocycles. The minimum Gasteiger partial charge on any atom is -0.466 e. The molecule has 0 unspecified atom stereocenters. The standard InChI is InChI=1S/C20H22N2O4/c1-3-26-19(24)11-10-18(23)21-17-9-5-7-15(13-17)20(25)22-16-8-4-6-14(2)12-16/h4-9,12-13H,3,10-11H2,1-2H3,(H,21,23)(H,22,25). The number of amides is 2. The number of hydrogen-bond acceptors (Lipinski definition) is 4. The van der Waals surface area contributed by atoms with E-state index in [1.807, 2.05) is 31.2 Å². The van der Waals surface area contributed by atoms with Crippen LogP contribution in [0.15, 0.2) is 48.5 Å². The van der Waals surface area contributed by atoms with Gasteiger partial charge in [-0.05, 0) is 49.7 Å². The van der Waals surface area contributed by atoms with Crippen LogP contribution in [0.3, 0.4) is 0 Å². The lowest BCUT2D eigenvalue weighted by molar-refractivity contribution is -0.144. The average molecular weight is 354 g/mol. The smallest absolute Gasteiger partial charge is 0.306 e. The summed E-state index contributed by atoms with van der Waals surface area (Å²) in [5.41, 5.74) is 2.68. The first-order valence-electron chi connectivity index (χ1n) is 8.41. The van der Waals surface area contributed by atoms with E-state index in [0.29, 0.717) is 23.5 Å². The van der Waals surface area contributed by atoms with E-state index in [0.717, 1.165) is 5.56 Å². The van der Waals surface area contributed by atoms with Gasteiger partial charge in [0, 0.05) is 23.4 Å². The van der Waals surface area contributed by atoms with Crippen molar-refractivity contribution < 1.29 is 19.1 Å². The van der Waals surface area contributed by atoms with Crippen LogP contribution in [0, 0.1) is 6.92 Å². The second-order valence-corrected chi connectivity index (χ2v) is 5.76. The molecular formula is C20H22N2O4. The van der Waals surface area contributed by atoms with Crippen LogP contribution in [0.4, 0.5) is 11.4 Å².